The van der Waals surface area contributed by atoms with Crippen LogP contribution >= 0.6 is 15.9 Å². The molecule has 5 heteroatoms. The fourth-order valence-electron chi connectivity index (χ4n) is 2.25. The van der Waals surface area contributed by atoms with Gasteiger partial charge in [-0.25, -0.2) is 0 Å². The molecule has 4 nitrogen and oxygen atoms in total. The first-order valence-electron chi connectivity index (χ1n) is 7.99. The average Bonchev–Trinajstić information content (AvgIpc) is 2.54. The van der Waals surface area contributed by atoms with Crippen LogP contribution in [-0.4, -0.2) is 24.8 Å². The molecular formula is C18H21BrO4. The van der Waals surface area contributed by atoms with E-state index in [1.807, 2.05) is 13.8 Å². The first-order valence-corrected chi connectivity index (χ1v) is 8.78. The van der Waals surface area contributed by atoms with Crippen molar-refractivity contribution in [3.8, 4) is 0 Å². The van der Waals surface area contributed by atoms with Crippen LogP contribution in [0.3, 0.4) is 0 Å². The van der Waals surface area contributed by atoms with E-state index < -0.39 is 0 Å². The van der Waals surface area contributed by atoms with Gasteiger partial charge in [0.25, 0.3) is 0 Å². The first-order chi connectivity index (χ1) is 11.1. The Hall–Kier alpha value is -1.62. The summed E-state index contributed by atoms with van der Waals surface area (Å²) < 4.78 is 12.0. The minimum atomic E-state index is -0.288. The smallest absolute Gasteiger partial charge is 0.232 e. The molecule has 124 valence electrons. The topological polar surface area (TPSA) is 52.6 Å². The fourth-order valence-corrected chi connectivity index (χ4v) is 2.61. The van der Waals surface area contributed by atoms with Gasteiger partial charge in [0.1, 0.15) is 0 Å². The van der Waals surface area contributed by atoms with E-state index in [1.165, 1.54) is 0 Å². The summed E-state index contributed by atoms with van der Waals surface area (Å²) in [5, 5.41) is 0. The Morgan fingerprint density at radius 1 is 0.870 bits per heavy atom. The molecule has 23 heavy (non-hydrogen) atoms. The van der Waals surface area contributed by atoms with Crippen molar-refractivity contribution in [3.05, 3.63) is 45.3 Å². The second-order valence-corrected chi connectivity index (χ2v) is 6.33. The van der Waals surface area contributed by atoms with E-state index in [4.69, 9.17) is 9.47 Å². The van der Waals surface area contributed by atoms with Crippen molar-refractivity contribution in [2.45, 2.75) is 39.5 Å². The standard InChI is InChI=1S/C18H21BrO4/c1-3-5-9-22-17-15(20)13-8-7-12(19)11-14(13)16(21)18(17)23-10-6-4-2/h7-8,11H,3-6,9-10H2,1-2H3. The van der Waals surface area contributed by atoms with Crippen molar-refractivity contribution >= 4 is 27.5 Å². The second-order valence-electron chi connectivity index (χ2n) is 5.41. The molecule has 0 amide bonds. The molecule has 2 rings (SSSR count). The highest BCUT2D eigenvalue weighted by Gasteiger charge is 2.35. The molecule has 0 heterocycles. The molecule has 0 unspecified atom stereocenters. The van der Waals surface area contributed by atoms with Gasteiger partial charge in [-0.05, 0) is 31.0 Å². The van der Waals surface area contributed by atoms with Gasteiger partial charge in [-0.2, -0.15) is 0 Å². The SMILES string of the molecule is CCCCOC1=C(OCCCC)C(=O)c2cc(Br)ccc2C1=O. The molecule has 0 saturated heterocycles. The molecule has 0 spiro atoms. The van der Waals surface area contributed by atoms with Crippen LogP contribution in [0.25, 0.3) is 0 Å². The Labute approximate surface area is 145 Å². The third-order valence-electron chi connectivity index (χ3n) is 3.58. The van der Waals surface area contributed by atoms with Gasteiger partial charge in [-0.15, -0.1) is 0 Å². The minimum Gasteiger partial charge on any atom is -0.486 e. The third kappa shape index (κ3) is 4.02. The van der Waals surface area contributed by atoms with E-state index in [2.05, 4.69) is 15.9 Å². The zero-order valence-corrected chi connectivity index (χ0v) is 15.1. The van der Waals surface area contributed by atoms with Crippen molar-refractivity contribution in [2.24, 2.45) is 0 Å². The lowest BCUT2D eigenvalue weighted by Gasteiger charge is -2.21. The summed E-state index contributed by atoms with van der Waals surface area (Å²) in [5.74, 6) is -0.474. The Balaban J connectivity index is 2.36. The third-order valence-corrected chi connectivity index (χ3v) is 4.07. The largest absolute Gasteiger partial charge is 0.486 e. The molecule has 0 N–H and O–H groups in total. The Morgan fingerprint density at radius 3 is 1.91 bits per heavy atom. The number of hydrogen-bond acceptors (Lipinski definition) is 4. The highest BCUT2D eigenvalue weighted by Crippen LogP contribution is 2.30. The Bertz CT molecular complexity index is 634. The quantitative estimate of drug-likeness (QED) is 0.614. The number of hydrogen-bond donors (Lipinski definition) is 0. The highest BCUT2D eigenvalue weighted by atomic mass is 79.9. The number of rotatable bonds is 8. The summed E-state index contributed by atoms with van der Waals surface area (Å²) in [6.07, 6.45) is 3.54. The predicted octanol–water partition coefficient (Wildman–Crippen LogP) is 4.67. The van der Waals surface area contributed by atoms with Crippen molar-refractivity contribution in [1.29, 1.82) is 0 Å². The minimum absolute atomic E-state index is 0.0464. The van der Waals surface area contributed by atoms with Gasteiger partial charge in [0.15, 0.2) is 0 Å². The molecule has 1 aromatic rings. The average molecular weight is 381 g/mol. The van der Waals surface area contributed by atoms with Gasteiger partial charge >= 0.3 is 0 Å². The lowest BCUT2D eigenvalue weighted by molar-refractivity contribution is 0.0746. The van der Waals surface area contributed by atoms with E-state index in [1.54, 1.807) is 18.2 Å². The van der Waals surface area contributed by atoms with Gasteiger partial charge in [0.2, 0.25) is 23.1 Å². The molecule has 0 atom stereocenters. The van der Waals surface area contributed by atoms with E-state index >= 15 is 0 Å². The zero-order valence-electron chi connectivity index (χ0n) is 13.5. The van der Waals surface area contributed by atoms with Crippen LogP contribution in [0, 0.1) is 0 Å². The highest BCUT2D eigenvalue weighted by molar-refractivity contribution is 9.10. The maximum absolute atomic E-state index is 12.7. The second kappa shape index (κ2) is 8.29. The predicted molar refractivity (Wildman–Crippen MR) is 91.5 cm³/mol. The molecule has 1 aromatic carbocycles. The number of benzene rings is 1. The number of halogens is 1. The molecule has 1 aliphatic carbocycles. The maximum atomic E-state index is 12.7. The van der Waals surface area contributed by atoms with Gasteiger partial charge in [0, 0.05) is 15.6 Å². The van der Waals surface area contributed by atoms with Crippen LogP contribution < -0.4 is 0 Å². The van der Waals surface area contributed by atoms with Crippen molar-refractivity contribution in [2.75, 3.05) is 13.2 Å². The number of unbranched alkanes of at least 4 members (excludes halogenated alkanes) is 2. The summed E-state index contributed by atoms with van der Waals surface area (Å²) in [7, 11) is 0. The monoisotopic (exact) mass is 380 g/mol. The number of Topliss-reactive ketones (excluding diaryl/α,β-unsaturated/α-hetero) is 2. The van der Waals surface area contributed by atoms with E-state index in [9.17, 15) is 9.59 Å². The van der Waals surface area contributed by atoms with Gasteiger partial charge in [0.05, 0.1) is 13.2 Å². The van der Waals surface area contributed by atoms with E-state index in [0.717, 1.165) is 30.2 Å². The summed E-state index contributed by atoms with van der Waals surface area (Å²) in [4.78, 5) is 25.4. The number of carbonyl (C=O) groups excluding carboxylic acids is 2. The summed E-state index contributed by atoms with van der Waals surface area (Å²) in [5.41, 5.74) is 0.728. The lowest BCUT2D eigenvalue weighted by atomic mass is 9.92. The van der Waals surface area contributed by atoms with E-state index in [0.29, 0.717) is 24.3 Å². The van der Waals surface area contributed by atoms with Crippen molar-refractivity contribution < 1.29 is 19.1 Å². The number of carbonyl (C=O) groups is 2. The Kier molecular flexibility index (Phi) is 6.39. The molecule has 1 aliphatic rings. The summed E-state index contributed by atoms with van der Waals surface area (Å²) in [6, 6.07) is 5.05. The number of allylic oxidation sites excluding steroid dienone is 2. The molecule has 0 fully saturated rings. The van der Waals surface area contributed by atoms with E-state index in [-0.39, 0.29) is 23.1 Å². The molecule has 0 radical (unpaired) electrons. The van der Waals surface area contributed by atoms with Crippen LogP contribution in [0.4, 0.5) is 0 Å². The van der Waals surface area contributed by atoms with Gasteiger partial charge in [-0.3, -0.25) is 9.59 Å². The molecule has 0 saturated carbocycles. The maximum Gasteiger partial charge on any atom is 0.232 e. The van der Waals surface area contributed by atoms with Crippen molar-refractivity contribution in [3.63, 3.8) is 0 Å². The van der Waals surface area contributed by atoms with Gasteiger partial charge < -0.3 is 9.47 Å². The zero-order chi connectivity index (χ0) is 16.8. The van der Waals surface area contributed by atoms with Crippen LogP contribution in [0.5, 0.6) is 0 Å². The molecule has 0 bridgehead atoms. The Morgan fingerprint density at radius 2 is 1.39 bits per heavy atom. The van der Waals surface area contributed by atoms with Gasteiger partial charge in [-0.1, -0.05) is 42.6 Å². The first kappa shape index (κ1) is 17.7. The number of ketones is 2. The number of ether oxygens (including phenoxy) is 2. The fraction of sp³-hybridized carbons (Fsp3) is 0.444. The van der Waals surface area contributed by atoms with Crippen LogP contribution in [0.1, 0.15) is 60.2 Å². The molecular weight excluding hydrogens is 360 g/mol. The molecule has 0 aromatic heterocycles. The number of fused-ring (bicyclic) bond motifs is 1. The molecule has 0 aliphatic heterocycles. The van der Waals surface area contributed by atoms with Crippen LogP contribution in [0.2, 0.25) is 0 Å². The van der Waals surface area contributed by atoms with Crippen LogP contribution in [-0.2, 0) is 9.47 Å². The van der Waals surface area contributed by atoms with Crippen LogP contribution in [0.15, 0.2) is 34.2 Å². The van der Waals surface area contributed by atoms with Crippen molar-refractivity contribution in [1.82, 2.24) is 0 Å². The lowest BCUT2D eigenvalue weighted by Crippen LogP contribution is -2.25. The summed E-state index contributed by atoms with van der Waals surface area (Å²) >= 11 is 3.34. The summed E-state index contributed by atoms with van der Waals surface area (Å²) in [6.45, 7) is 4.87. The normalized spacial score (nSPS) is 14.0.